The molecule has 1 heterocycles. The van der Waals surface area contributed by atoms with Crippen LogP contribution in [0.1, 0.15) is 22.4 Å². The van der Waals surface area contributed by atoms with E-state index in [0.717, 1.165) is 17.0 Å². The summed E-state index contributed by atoms with van der Waals surface area (Å²) in [4.78, 5) is 4.37. The SMILES string of the molecule is Cc1cccc(OCCNc2nc(C)cc(C)c2C#N)c1. The highest BCUT2D eigenvalue weighted by molar-refractivity contribution is 5.56. The zero-order chi connectivity index (χ0) is 15.2. The fourth-order valence-corrected chi connectivity index (χ4v) is 2.15. The van der Waals surface area contributed by atoms with Gasteiger partial charge < -0.3 is 10.1 Å². The Morgan fingerprint density at radius 2 is 2.05 bits per heavy atom. The third kappa shape index (κ3) is 3.96. The first-order chi connectivity index (χ1) is 10.1. The molecule has 0 fully saturated rings. The van der Waals surface area contributed by atoms with Gasteiger partial charge in [0.2, 0.25) is 0 Å². The van der Waals surface area contributed by atoms with Gasteiger partial charge in [-0.3, -0.25) is 0 Å². The summed E-state index contributed by atoms with van der Waals surface area (Å²) in [7, 11) is 0. The van der Waals surface area contributed by atoms with Gasteiger partial charge in [0, 0.05) is 5.69 Å². The minimum absolute atomic E-state index is 0.517. The molecule has 0 unspecified atom stereocenters. The molecule has 21 heavy (non-hydrogen) atoms. The topological polar surface area (TPSA) is 57.9 Å². The molecule has 0 aliphatic carbocycles. The van der Waals surface area contributed by atoms with Crippen molar-refractivity contribution in [3.8, 4) is 11.8 Å². The van der Waals surface area contributed by atoms with Gasteiger partial charge in [-0.25, -0.2) is 4.98 Å². The molecule has 0 bridgehead atoms. The molecule has 0 atom stereocenters. The summed E-state index contributed by atoms with van der Waals surface area (Å²) in [5.41, 5.74) is 3.60. The quantitative estimate of drug-likeness (QED) is 0.854. The van der Waals surface area contributed by atoms with Crippen molar-refractivity contribution in [2.45, 2.75) is 20.8 Å². The maximum Gasteiger partial charge on any atom is 0.144 e. The Morgan fingerprint density at radius 3 is 2.76 bits per heavy atom. The second-order valence-corrected chi connectivity index (χ2v) is 5.01. The third-order valence-corrected chi connectivity index (χ3v) is 3.11. The molecule has 4 heteroatoms. The first kappa shape index (κ1) is 14.9. The second kappa shape index (κ2) is 6.76. The Morgan fingerprint density at radius 1 is 1.24 bits per heavy atom. The summed E-state index contributed by atoms with van der Waals surface area (Å²) in [5.74, 6) is 1.48. The highest BCUT2D eigenvalue weighted by Crippen LogP contribution is 2.17. The number of nitriles is 1. The number of hydrogen-bond acceptors (Lipinski definition) is 4. The molecule has 4 nitrogen and oxygen atoms in total. The lowest BCUT2D eigenvalue weighted by Crippen LogP contribution is -2.14. The van der Waals surface area contributed by atoms with Gasteiger partial charge in [0.1, 0.15) is 24.2 Å². The Hall–Kier alpha value is -2.54. The zero-order valence-electron chi connectivity index (χ0n) is 12.6. The number of nitrogens with one attached hydrogen (secondary N) is 1. The number of hydrogen-bond donors (Lipinski definition) is 1. The van der Waals surface area contributed by atoms with Gasteiger partial charge in [-0.1, -0.05) is 12.1 Å². The molecule has 0 aliphatic rings. The summed E-state index contributed by atoms with van der Waals surface area (Å²) < 4.78 is 5.67. The molecular formula is C17H19N3O. The van der Waals surface area contributed by atoms with Crippen molar-refractivity contribution in [1.82, 2.24) is 4.98 Å². The largest absolute Gasteiger partial charge is 0.492 e. The van der Waals surface area contributed by atoms with Gasteiger partial charge in [-0.15, -0.1) is 0 Å². The minimum Gasteiger partial charge on any atom is -0.492 e. The monoisotopic (exact) mass is 281 g/mol. The lowest BCUT2D eigenvalue weighted by atomic mass is 10.1. The van der Waals surface area contributed by atoms with Crippen molar-refractivity contribution < 1.29 is 4.74 Å². The smallest absolute Gasteiger partial charge is 0.144 e. The maximum absolute atomic E-state index is 9.19. The van der Waals surface area contributed by atoms with E-state index in [9.17, 15) is 5.26 Å². The van der Waals surface area contributed by atoms with Crippen molar-refractivity contribution in [3.63, 3.8) is 0 Å². The van der Waals surface area contributed by atoms with E-state index < -0.39 is 0 Å². The molecule has 0 amide bonds. The molecule has 1 aromatic heterocycles. The third-order valence-electron chi connectivity index (χ3n) is 3.11. The van der Waals surface area contributed by atoms with Crippen LogP contribution in [0.25, 0.3) is 0 Å². The lowest BCUT2D eigenvalue weighted by Gasteiger charge is -2.11. The van der Waals surface area contributed by atoms with Crippen LogP contribution in [0.4, 0.5) is 5.82 Å². The summed E-state index contributed by atoms with van der Waals surface area (Å²) >= 11 is 0. The van der Waals surface area contributed by atoms with E-state index in [2.05, 4.69) is 16.4 Å². The number of ether oxygens (including phenoxy) is 1. The number of aromatic nitrogens is 1. The summed E-state index contributed by atoms with van der Waals surface area (Å²) in [6, 6.07) is 12.0. The van der Waals surface area contributed by atoms with Crippen molar-refractivity contribution in [3.05, 3.63) is 52.7 Å². The van der Waals surface area contributed by atoms with E-state index in [1.807, 2.05) is 51.1 Å². The molecule has 1 N–H and O–H groups in total. The van der Waals surface area contributed by atoms with Crippen LogP contribution in [-0.4, -0.2) is 18.1 Å². The van der Waals surface area contributed by atoms with Gasteiger partial charge in [-0.2, -0.15) is 5.26 Å². The average Bonchev–Trinajstić information content (AvgIpc) is 2.43. The van der Waals surface area contributed by atoms with E-state index in [0.29, 0.717) is 24.5 Å². The molecule has 0 spiro atoms. The minimum atomic E-state index is 0.517. The Balaban J connectivity index is 1.94. The average molecular weight is 281 g/mol. The summed E-state index contributed by atoms with van der Waals surface area (Å²) in [5, 5.41) is 12.4. The fourth-order valence-electron chi connectivity index (χ4n) is 2.15. The van der Waals surface area contributed by atoms with E-state index in [-0.39, 0.29) is 0 Å². The number of pyridine rings is 1. The Labute approximate surface area is 125 Å². The van der Waals surface area contributed by atoms with Crippen molar-refractivity contribution in [1.29, 1.82) is 5.26 Å². The molecule has 2 aromatic rings. The van der Waals surface area contributed by atoms with Crippen LogP contribution in [0, 0.1) is 32.1 Å². The molecule has 0 aliphatic heterocycles. The van der Waals surface area contributed by atoms with Crippen LogP contribution in [-0.2, 0) is 0 Å². The predicted molar refractivity (Wildman–Crippen MR) is 83.6 cm³/mol. The number of aryl methyl sites for hydroxylation is 3. The molecule has 1 aromatic carbocycles. The van der Waals surface area contributed by atoms with Gasteiger partial charge in [0.25, 0.3) is 0 Å². The number of benzene rings is 1. The second-order valence-electron chi connectivity index (χ2n) is 5.01. The van der Waals surface area contributed by atoms with Crippen LogP contribution in [0.5, 0.6) is 5.75 Å². The lowest BCUT2D eigenvalue weighted by molar-refractivity contribution is 0.332. The Bertz CT molecular complexity index is 674. The van der Waals surface area contributed by atoms with Crippen molar-refractivity contribution in [2.75, 3.05) is 18.5 Å². The molecule has 2 rings (SSSR count). The van der Waals surface area contributed by atoms with Crippen molar-refractivity contribution >= 4 is 5.82 Å². The van der Waals surface area contributed by atoms with E-state index in [1.54, 1.807) is 0 Å². The highest BCUT2D eigenvalue weighted by Gasteiger charge is 2.07. The van der Waals surface area contributed by atoms with E-state index >= 15 is 0 Å². The van der Waals surface area contributed by atoms with Crippen LogP contribution in [0.2, 0.25) is 0 Å². The molecule has 0 saturated carbocycles. The fraction of sp³-hybridized carbons (Fsp3) is 0.294. The summed E-state index contributed by atoms with van der Waals surface area (Å²) in [6.45, 7) is 6.98. The maximum atomic E-state index is 9.19. The van der Waals surface area contributed by atoms with Crippen molar-refractivity contribution in [2.24, 2.45) is 0 Å². The van der Waals surface area contributed by atoms with Gasteiger partial charge in [0.05, 0.1) is 12.1 Å². The molecule has 108 valence electrons. The van der Waals surface area contributed by atoms with Gasteiger partial charge in [-0.05, 0) is 50.1 Å². The zero-order valence-corrected chi connectivity index (χ0v) is 12.6. The standard InChI is InChI=1S/C17H19N3O/c1-12-5-4-6-15(9-12)21-8-7-19-17-16(11-18)13(2)10-14(3)20-17/h4-6,9-10H,7-8H2,1-3H3,(H,19,20). The van der Waals surface area contributed by atoms with Crippen LogP contribution < -0.4 is 10.1 Å². The predicted octanol–water partition coefficient (Wildman–Crippen LogP) is 3.37. The summed E-state index contributed by atoms with van der Waals surface area (Å²) in [6.07, 6.45) is 0. The Kier molecular flexibility index (Phi) is 4.78. The van der Waals surface area contributed by atoms with Crippen LogP contribution >= 0.6 is 0 Å². The van der Waals surface area contributed by atoms with Gasteiger partial charge in [0.15, 0.2) is 0 Å². The molecule has 0 saturated heterocycles. The van der Waals surface area contributed by atoms with Crippen LogP contribution in [0.15, 0.2) is 30.3 Å². The van der Waals surface area contributed by atoms with Crippen LogP contribution in [0.3, 0.4) is 0 Å². The van der Waals surface area contributed by atoms with E-state index in [1.165, 1.54) is 5.56 Å². The highest BCUT2D eigenvalue weighted by atomic mass is 16.5. The molecule has 0 radical (unpaired) electrons. The number of anilines is 1. The number of rotatable bonds is 5. The van der Waals surface area contributed by atoms with E-state index in [4.69, 9.17) is 4.74 Å². The normalized spacial score (nSPS) is 10.0. The first-order valence-electron chi connectivity index (χ1n) is 6.92. The van der Waals surface area contributed by atoms with Gasteiger partial charge >= 0.3 is 0 Å². The molecular weight excluding hydrogens is 262 g/mol. The first-order valence-corrected chi connectivity index (χ1v) is 6.92. The number of nitrogens with zero attached hydrogens (tertiary/aromatic N) is 2.